The lowest BCUT2D eigenvalue weighted by molar-refractivity contribution is -0.516. The molecule has 4 nitrogen and oxygen atoms in total. The van der Waals surface area contributed by atoms with Crippen LogP contribution in [-0.4, -0.2) is 54.6 Å². The summed E-state index contributed by atoms with van der Waals surface area (Å²) in [5.74, 6) is -39.1. The van der Waals surface area contributed by atoms with E-state index in [1.807, 2.05) is 0 Å². The van der Waals surface area contributed by atoms with Gasteiger partial charge in [0.1, 0.15) is 0 Å². The zero-order valence-electron chi connectivity index (χ0n) is 13.6. The van der Waals surface area contributed by atoms with Crippen LogP contribution >= 0.6 is 0 Å². The first-order valence-electron chi connectivity index (χ1n) is 6.69. The number of hydrogen-bond donors (Lipinski definition) is 0. The Bertz CT molecular complexity index is 693. The predicted octanol–water partition coefficient (Wildman–Crippen LogP) is 6.63. The van der Waals surface area contributed by atoms with Crippen LogP contribution in [0.15, 0.2) is 5.11 Å². The Morgan fingerprint density at radius 1 is 0.581 bits per heavy atom. The number of nitrogens with zero attached hydrogens (tertiary/aromatic N) is 3. The van der Waals surface area contributed by atoms with Crippen LogP contribution < -0.4 is 0 Å². The molecule has 0 aliphatic heterocycles. The quantitative estimate of drug-likeness (QED) is 0.142. The standard InChI is InChI=1S/C10H4F17N3O/c11-3(12,1-2-29-30-28)4(13,14)5(15,16)6(17,18)7(19,20)9(24,25)31-10(26,27)8(21,22)23/h1-2H2. The van der Waals surface area contributed by atoms with E-state index < -0.39 is 61.0 Å². The van der Waals surface area contributed by atoms with Crippen LogP contribution in [0.4, 0.5) is 74.6 Å². The summed E-state index contributed by atoms with van der Waals surface area (Å²) < 4.78 is 219. The number of azide groups is 1. The number of halogens is 17. The van der Waals surface area contributed by atoms with Crippen LogP contribution in [0.3, 0.4) is 0 Å². The SMILES string of the molecule is [N-]=[N+]=NCCC(F)(F)C(F)(F)C(F)(F)C(F)(F)C(F)(F)C(F)(F)OC(F)(F)C(F)(F)F. The van der Waals surface area contributed by atoms with Crippen molar-refractivity contribution in [2.45, 2.75) is 54.4 Å². The van der Waals surface area contributed by atoms with Crippen LogP contribution in [0, 0.1) is 0 Å². The molecule has 0 N–H and O–H groups in total. The molecule has 0 bridgehead atoms. The minimum Gasteiger partial charge on any atom is -0.243 e. The van der Waals surface area contributed by atoms with Gasteiger partial charge in [-0.05, 0) is 5.53 Å². The fourth-order valence-corrected chi connectivity index (χ4v) is 1.48. The summed E-state index contributed by atoms with van der Waals surface area (Å²) in [5.41, 5.74) is 7.72. The van der Waals surface area contributed by atoms with E-state index >= 15 is 0 Å². The topological polar surface area (TPSA) is 58.0 Å². The van der Waals surface area contributed by atoms with Gasteiger partial charge in [0, 0.05) is 17.9 Å². The summed E-state index contributed by atoms with van der Waals surface area (Å²) in [6.45, 7) is -1.84. The highest BCUT2D eigenvalue weighted by molar-refractivity contribution is 5.10. The smallest absolute Gasteiger partial charge is 0.243 e. The van der Waals surface area contributed by atoms with Gasteiger partial charge < -0.3 is 0 Å². The number of ether oxygens (including phenoxy) is 1. The first-order chi connectivity index (χ1) is 13.3. The molecule has 0 saturated carbocycles. The number of hydrogen-bond acceptors (Lipinski definition) is 2. The van der Waals surface area contributed by atoms with Crippen LogP contribution in [0.1, 0.15) is 6.42 Å². The molecule has 0 amide bonds. The minimum absolute atomic E-state index is 1.17. The van der Waals surface area contributed by atoms with Gasteiger partial charge in [-0.1, -0.05) is 5.11 Å². The molecule has 0 rings (SSSR count). The molecule has 0 unspecified atom stereocenters. The van der Waals surface area contributed by atoms with E-state index in [4.69, 9.17) is 5.53 Å². The minimum atomic E-state index is -8.42. The lowest BCUT2D eigenvalue weighted by Gasteiger charge is -2.41. The summed E-state index contributed by atoms with van der Waals surface area (Å²) in [5, 5.41) is 2.12. The van der Waals surface area contributed by atoms with Gasteiger partial charge in [0.15, 0.2) is 0 Å². The fraction of sp³-hybridized carbons (Fsp3) is 1.00. The molecular weight excluding hydrogens is 501 g/mol. The van der Waals surface area contributed by atoms with Gasteiger partial charge in [-0.25, -0.2) is 4.74 Å². The molecule has 0 aliphatic rings. The van der Waals surface area contributed by atoms with Crippen molar-refractivity contribution in [3.05, 3.63) is 10.4 Å². The van der Waals surface area contributed by atoms with Crippen LogP contribution in [0.5, 0.6) is 0 Å². The maximum absolute atomic E-state index is 13.3. The molecule has 0 fully saturated rings. The average molecular weight is 505 g/mol. The summed E-state index contributed by atoms with van der Waals surface area (Å²) in [6, 6.07) is 0. The molecule has 0 aromatic heterocycles. The second-order valence-corrected chi connectivity index (χ2v) is 5.34. The largest absolute Gasteiger partial charge is 0.483 e. The van der Waals surface area contributed by atoms with Crippen molar-refractivity contribution >= 4 is 0 Å². The van der Waals surface area contributed by atoms with Crippen molar-refractivity contribution in [3.8, 4) is 0 Å². The maximum atomic E-state index is 13.3. The third-order valence-corrected chi connectivity index (χ3v) is 3.18. The van der Waals surface area contributed by atoms with E-state index in [2.05, 4.69) is 5.11 Å². The first-order valence-corrected chi connectivity index (χ1v) is 6.69. The second-order valence-electron chi connectivity index (χ2n) is 5.34. The monoisotopic (exact) mass is 505 g/mol. The van der Waals surface area contributed by atoms with E-state index in [9.17, 15) is 74.6 Å². The van der Waals surface area contributed by atoms with Crippen molar-refractivity contribution in [1.82, 2.24) is 0 Å². The zero-order valence-corrected chi connectivity index (χ0v) is 13.6. The van der Waals surface area contributed by atoms with Crippen LogP contribution in [0.2, 0.25) is 0 Å². The van der Waals surface area contributed by atoms with Gasteiger partial charge in [-0.2, -0.15) is 74.6 Å². The van der Waals surface area contributed by atoms with E-state index in [0.29, 0.717) is 0 Å². The molecular formula is C10H4F17N3O. The van der Waals surface area contributed by atoms with Crippen molar-refractivity contribution in [3.63, 3.8) is 0 Å². The normalized spacial score (nSPS) is 15.6. The van der Waals surface area contributed by atoms with E-state index in [-0.39, 0.29) is 0 Å². The number of rotatable bonds is 10. The van der Waals surface area contributed by atoms with Crippen molar-refractivity contribution in [2.75, 3.05) is 6.54 Å². The van der Waals surface area contributed by atoms with Gasteiger partial charge in [-0.15, -0.1) is 0 Å². The highest BCUT2D eigenvalue weighted by Crippen LogP contribution is 2.61. The van der Waals surface area contributed by atoms with Gasteiger partial charge in [-0.3, -0.25) is 0 Å². The van der Waals surface area contributed by atoms with Crippen molar-refractivity contribution in [2.24, 2.45) is 5.11 Å². The zero-order chi connectivity index (χ0) is 25.5. The highest BCUT2D eigenvalue weighted by atomic mass is 19.4. The Hall–Kier alpha value is -1.92. The molecule has 0 saturated heterocycles. The molecule has 0 aliphatic carbocycles. The maximum Gasteiger partial charge on any atom is 0.483 e. The molecule has 0 atom stereocenters. The van der Waals surface area contributed by atoms with Gasteiger partial charge in [0.05, 0.1) is 0 Å². The average Bonchev–Trinajstić information content (AvgIpc) is 2.51. The van der Waals surface area contributed by atoms with Crippen LogP contribution in [-0.2, 0) is 4.74 Å². The lowest BCUT2D eigenvalue weighted by Crippen LogP contribution is -2.71. The summed E-state index contributed by atoms with van der Waals surface area (Å²) in [7, 11) is 0. The summed E-state index contributed by atoms with van der Waals surface area (Å²) in [4.78, 5) is 1.67. The van der Waals surface area contributed by atoms with Crippen LogP contribution in [0.25, 0.3) is 10.4 Å². The lowest BCUT2D eigenvalue weighted by atomic mass is 9.92. The Morgan fingerprint density at radius 3 is 1.32 bits per heavy atom. The van der Waals surface area contributed by atoms with Crippen molar-refractivity contribution < 1.29 is 79.4 Å². The predicted molar refractivity (Wildman–Crippen MR) is 60.4 cm³/mol. The Labute approximate surface area is 157 Å². The molecule has 184 valence electrons. The third-order valence-electron chi connectivity index (χ3n) is 3.18. The highest BCUT2D eigenvalue weighted by Gasteiger charge is 2.91. The third kappa shape index (κ3) is 4.65. The Morgan fingerprint density at radius 2 is 0.968 bits per heavy atom. The molecule has 0 aromatic rings. The van der Waals surface area contributed by atoms with E-state index in [1.54, 1.807) is 4.91 Å². The van der Waals surface area contributed by atoms with Gasteiger partial charge in [0.25, 0.3) is 0 Å². The van der Waals surface area contributed by atoms with E-state index in [0.717, 1.165) is 0 Å². The Kier molecular flexibility index (Phi) is 7.40. The summed E-state index contributed by atoms with van der Waals surface area (Å²) >= 11 is 0. The molecule has 0 spiro atoms. The second kappa shape index (κ2) is 7.89. The molecule has 21 heteroatoms. The molecule has 0 radical (unpaired) electrons. The fourth-order valence-electron chi connectivity index (χ4n) is 1.48. The summed E-state index contributed by atoms with van der Waals surface area (Å²) in [6.07, 6.45) is -25.4. The molecule has 31 heavy (non-hydrogen) atoms. The molecule has 0 heterocycles. The van der Waals surface area contributed by atoms with Crippen molar-refractivity contribution in [1.29, 1.82) is 0 Å². The first kappa shape index (κ1) is 29.1. The number of alkyl halides is 17. The van der Waals surface area contributed by atoms with Gasteiger partial charge >= 0.3 is 48.0 Å². The molecule has 0 aromatic carbocycles. The van der Waals surface area contributed by atoms with E-state index in [1.165, 1.54) is 4.74 Å². The Balaban J connectivity index is 6.37. The van der Waals surface area contributed by atoms with Gasteiger partial charge in [0.2, 0.25) is 0 Å².